The number of hydrogen-bond donors (Lipinski definition) is 2. The zero-order chi connectivity index (χ0) is 18.7. The number of benzene rings is 2. The first-order valence-corrected chi connectivity index (χ1v) is 7.86. The van der Waals surface area contributed by atoms with Gasteiger partial charge in [-0.3, -0.25) is 4.79 Å². The zero-order valence-corrected chi connectivity index (χ0v) is 14.2. The van der Waals surface area contributed by atoms with Crippen LogP contribution in [-0.2, 0) is 0 Å². The van der Waals surface area contributed by atoms with E-state index >= 15 is 0 Å². The lowest BCUT2D eigenvalue weighted by Gasteiger charge is -2.10. The second kappa shape index (κ2) is 7.26. The van der Waals surface area contributed by atoms with Crippen LogP contribution in [0, 0.1) is 25.5 Å². The molecule has 2 N–H and O–H groups in total. The van der Waals surface area contributed by atoms with Crippen molar-refractivity contribution in [1.82, 2.24) is 9.97 Å². The molecule has 7 heteroatoms. The highest BCUT2D eigenvalue weighted by Crippen LogP contribution is 2.21. The number of carbonyl (C=O) groups is 1. The highest BCUT2D eigenvalue weighted by Gasteiger charge is 2.11. The lowest BCUT2D eigenvalue weighted by molar-refractivity contribution is 0.102. The van der Waals surface area contributed by atoms with E-state index in [1.165, 1.54) is 12.4 Å². The zero-order valence-electron chi connectivity index (χ0n) is 14.2. The Hall–Kier alpha value is -3.35. The number of aryl methyl sites for hydroxylation is 1. The highest BCUT2D eigenvalue weighted by molar-refractivity contribution is 6.03. The van der Waals surface area contributed by atoms with Gasteiger partial charge in [-0.15, -0.1) is 0 Å². The summed E-state index contributed by atoms with van der Waals surface area (Å²) in [5.41, 5.74) is 3.11. The molecule has 0 spiro atoms. The third-order valence-electron chi connectivity index (χ3n) is 3.94. The number of carbonyl (C=O) groups excluding carboxylic acids is 1. The molecule has 0 saturated heterocycles. The van der Waals surface area contributed by atoms with Crippen molar-refractivity contribution in [2.45, 2.75) is 13.8 Å². The fourth-order valence-electron chi connectivity index (χ4n) is 2.30. The molecule has 2 aromatic carbocycles. The first-order chi connectivity index (χ1) is 12.4. The summed E-state index contributed by atoms with van der Waals surface area (Å²) in [6, 6.07) is 8.74. The van der Waals surface area contributed by atoms with Crippen molar-refractivity contribution in [2.75, 3.05) is 10.6 Å². The summed E-state index contributed by atoms with van der Waals surface area (Å²) in [5.74, 6) is -1.82. The van der Waals surface area contributed by atoms with E-state index in [0.717, 1.165) is 28.9 Å². The number of aromatic nitrogens is 2. The number of nitrogens with one attached hydrogen (secondary N) is 2. The summed E-state index contributed by atoms with van der Waals surface area (Å²) >= 11 is 0. The molecule has 0 aliphatic heterocycles. The maximum atomic E-state index is 13.6. The van der Waals surface area contributed by atoms with Crippen molar-refractivity contribution >= 4 is 23.2 Å². The Labute approximate surface area is 149 Å². The largest absolute Gasteiger partial charge is 0.324 e. The molecule has 0 bridgehead atoms. The Balaban J connectivity index is 1.72. The molecule has 0 fully saturated rings. The van der Waals surface area contributed by atoms with Gasteiger partial charge in [-0.05, 0) is 43.2 Å². The maximum absolute atomic E-state index is 13.6. The molecule has 0 radical (unpaired) electrons. The Kier molecular flexibility index (Phi) is 4.88. The van der Waals surface area contributed by atoms with Crippen LogP contribution in [0.5, 0.6) is 0 Å². The minimum Gasteiger partial charge on any atom is -0.324 e. The third kappa shape index (κ3) is 3.83. The van der Waals surface area contributed by atoms with Crippen LogP contribution >= 0.6 is 0 Å². The molecule has 0 aliphatic rings. The lowest BCUT2D eigenvalue weighted by atomic mass is 10.1. The quantitative estimate of drug-likeness (QED) is 0.730. The van der Waals surface area contributed by atoms with Gasteiger partial charge >= 0.3 is 0 Å². The molecule has 0 atom stereocenters. The Bertz CT molecular complexity index is 958. The van der Waals surface area contributed by atoms with Gasteiger partial charge in [0, 0.05) is 24.1 Å². The average molecular weight is 354 g/mol. The topological polar surface area (TPSA) is 66.9 Å². The van der Waals surface area contributed by atoms with E-state index in [-0.39, 0.29) is 11.3 Å². The summed E-state index contributed by atoms with van der Waals surface area (Å²) in [6.45, 7) is 3.99. The minimum atomic E-state index is -0.854. The number of amides is 1. The van der Waals surface area contributed by atoms with Crippen molar-refractivity contribution in [3.8, 4) is 0 Å². The van der Waals surface area contributed by atoms with E-state index in [1.54, 1.807) is 0 Å². The number of hydrogen-bond acceptors (Lipinski definition) is 4. The fourth-order valence-corrected chi connectivity index (χ4v) is 2.30. The predicted molar refractivity (Wildman–Crippen MR) is 95.5 cm³/mol. The van der Waals surface area contributed by atoms with Crippen LogP contribution < -0.4 is 10.6 Å². The monoisotopic (exact) mass is 354 g/mol. The van der Waals surface area contributed by atoms with Crippen LogP contribution in [0.4, 0.5) is 26.1 Å². The summed E-state index contributed by atoms with van der Waals surface area (Å²) in [5, 5.41) is 5.45. The predicted octanol–water partition coefficient (Wildman–Crippen LogP) is 4.37. The minimum absolute atomic E-state index is 0.117. The second-order valence-corrected chi connectivity index (χ2v) is 5.75. The fraction of sp³-hybridized carbons (Fsp3) is 0.105. The Morgan fingerprint density at radius 3 is 2.42 bits per heavy atom. The summed E-state index contributed by atoms with van der Waals surface area (Å²) in [4.78, 5) is 20.4. The molecule has 1 heterocycles. The SMILES string of the molecule is Cc1cccc(Nc2ncc(C(=O)Nc3ccc(F)cc3F)cn2)c1C. The number of rotatable bonds is 4. The Morgan fingerprint density at radius 1 is 1.00 bits per heavy atom. The van der Waals surface area contributed by atoms with Crippen LogP contribution in [0.25, 0.3) is 0 Å². The summed E-state index contributed by atoms with van der Waals surface area (Å²) in [6.07, 6.45) is 2.66. The number of anilines is 3. The first kappa shape index (κ1) is 17.5. The summed E-state index contributed by atoms with van der Waals surface area (Å²) < 4.78 is 26.5. The van der Waals surface area contributed by atoms with E-state index in [1.807, 2.05) is 32.0 Å². The van der Waals surface area contributed by atoms with Gasteiger partial charge in [0.2, 0.25) is 5.95 Å². The molecular formula is C19H16F2N4O. The van der Waals surface area contributed by atoms with Crippen molar-refractivity contribution in [3.05, 3.63) is 77.1 Å². The van der Waals surface area contributed by atoms with E-state index in [9.17, 15) is 13.6 Å². The van der Waals surface area contributed by atoms with Gasteiger partial charge in [0.05, 0.1) is 11.3 Å². The number of nitrogens with zero attached hydrogens (tertiary/aromatic N) is 2. The third-order valence-corrected chi connectivity index (χ3v) is 3.94. The van der Waals surface area contributed by atoms with Gasteiger partial charge in [-0.1, -0.05) is 12.1 Å². The first-order valence-electron chi connectivity index (χ1n) is 7.86. The van der Waals surface area contributed by atoms with Gasteiger partial charge in [0.15, 0.2) is 0 Å². The van der Waals surface area contributed by atoms with Crippen molar-refractivity contribution < 1.29 is 13.6 Å². The van der Waals surface area contributed by atoms with Gasteiger partial charge < -0.3 is 10.6 Å². The van der Waals surface area contributed by atoms with E-state index in [4.69, 9.17) is 0 Å². The molecule has 3 aromatic rings. The van der Waals surface area contributed by atoms with Crippen molar-refractivity contribution in [2.24, 2.45) is 0 Å². The lowest BCUT2D eigenvalue weighted by Crippen LogP contribution is -2.14. The van der Waals surface area contributed by atoms with E-state index in [2.05, 4.69) is 20.6 Å². The molecule has 26 heavy (non-hydrogen) atoms. The molecule has 1 aromatic heterocycles. The molecule has 132 valence electrons. The van der Waals surface area contributed by atoms with E-state index in [0.29, 0.717) is 12.0 Å². The van der Waals surface area contributed by atoms with Crippen LogP contribution in [0.2, 0.25) is 0 Å². The molecule has 0 unspecified atom stereocenters. The molecule has 0 saturated carbocycles. The van der Waals surface area contributed by atoms with E-state index < -0.39 is 17.5 Å². The molecular weight excluding hydrogens is 338 g/mol. The van der Waals surface area contributed by atoms with Gasteiger partial charge in [0.1, 0.15) is 11.6 Å². The Morgan fingerprint density at radius 2 is 1.73 bits per heavy atom. The smallest absolute Gasteiger partial charge is 0.258 e. The van der Waals surface area contributed by atoms with Crippen molar-refractivity contribution in [3.63, 3.8) is 0 Å². The molecule has 3 rings (SSSR count). The van der Waals surface area contributed by atoms with Gasteiger partial charge in [-0.25, -0.2) is 18.7 Å². The normalized spacial score (nSPS) is 10.5. The van der Waals surface area contributed by atoms with Gasteiger partial charge in [-0.2, -0.15) is 0 Å². The van der Waals surface area contributed by atoms with Crippen LogP contribution in [-0.4, -0.2) is 15.9 Å². The van der Waals surface area contributed by atoms with Crippen LogP contribution in [0.1, 0.15) is 21.5 Å². The summed E-state index contributed by atoms with van der Waals surface area (Å²) in [7, 11) is 0. The standard InChI is InChI=1S/C19H16F2N4O/c1-11-4-3-5-16(12(11)2)25-19-22-9-13(10-23-19)18(26)24-17-7-6-14(20)8-15(17)21/h3-10H,1-2H3,(H,24,26)(H,22,23,25). The maximum Gasteiger partial charge on any atom is 0.258 e. The highest BCUT2D eigenvalue weighted by atomic mass is 19.1. The van der Waals surface area contributed by atoms with Crippen LogP contribution in [0.3, 0.4) is 0 Å². The van der Waals surface area contributed by atoms with Crippen LogP contribution in [0.15, 0.2) is 48.8 Å². The second-order valence-electron chi connectivity index (χ2n) is 5.75. The number of halogens is 2. The average Bonchev–Trinajstić information content (AvgIpc) is 2.62. The van der Waals surface area contributed by atoms with Crippen molar-refractivity contribution in [1.29, 1.82) is 0 Å². The molecule has 0 aliphatic carbocycles. The van der Waals surface area contributed by atoms with Gasteiger partial charge in [0.25, 0.3) is 5.91 Å². The molecule has 1 amide bonds. The molecule has 5 nitrogen and oxygen atoms in total.